The fourth-order valence-corrected chi connectivity index (χ4v) is 2.90. The zero-order valence-corrected chi connectivity index (χ0v) is 13.5. The maximum Gasteiger partial charge on any atom is 0.0694 e. The highest BCUT2D eigenvalue weighted by molar-refractivity contribution is 8.01. The van der Waals surface area contributed by atoms with Gasteiger partial charge in [-0.25, -0.2) is 0 Å². The Balaban J connectivity index is 3.40. The van der Waals surface area contributed by atoms with E-state index >= 15 is 0 Å². The molecule has 0 saturated carbocycles. The lowest BCUT2D eigenvalue weighted by molar-refractivity contribution is 0.316. The summed E-state index contributed by atoms with van der Waals surface area (Å²) in [7, 11) is 0. The molecule has 0 atom stereocenters. The molecule has 3 heteroatoms. The molecule has 0 unspecified atom stereocenters. The van der Waals surface area contributed by atoms with Crippen molar-refractivity contribution in [1.29, 1.82) is 0 Å². The number of rotatable bonds is 11. The van der Waals surface area contributed by atoms with Crippen molar-refractivity contribution < 1.29 is 5.21 Å². The van der Waals surface area contributed by atoms with E-state index in [4.69, 9.17) is 5.21 Å². The maximum atomic E-state index is 8.79. The average molecular weight is 273 g/mol. The summed E-state index contributed by atoms with van der Waals surface area (Å²) in [5.41, 5.74) is 0.812. The van der Waals surface area contributed by atoms with Crippen LogP contribution in [0.3, 0.4) is 0 Å². The number of hydrogen-bond donors (Lipinski definition) is 1. The maximum absolute atomic E-state index is 8.79. The van der Waals surface area contributed by atoms with Gasteiger partial charge < -0.3 is 5.21 Å². The molecule has 0 aromatic carbocycles. The predicted molar refractivity (Wildman–Crippen MR) is 84.0 cm³/mol. The molecule has 0 spiro atoms. The van der Waals surface area contributed by atoms with Gasteiger partial charge in [-0.05, 0) is 32.9 Å². The summed E-state index contributed by atoms with van der Waals surface area (Å²) >= 11 is 1.89. The molecule has 0 aliphatic rings. The first-order valence-electron chi connectivity index (χ1n) is 7.37. The Labute approximate surface area is 118 Å². The second kappa shape index (κ2) is 10.7. The molecular weight excluding hydrogens is 242 g/mol. The quantitative estimate of drug-likeness (QED) is 0.234. The first-order chi connectivity index (χ1) is 8.54. The van der Waals surface area contributed by atoms with Gasteiger partial charge in [-0.3, -0.25) is 0 Å². The van der Waals surface area contributed by atoms with Crippen LogP contribution in [0.15, 0.2) is 5.16 Å². The van der Waals surface area contributed by atoms with E-state index < -0.39 is 0 Å². The molecule has 0 bridgehead atoms. The van der Waals surface area contributed by atoms with Gasteiger partial charge in [0.25, 0.3) is 0 Å². The third-order valence-corrected chi connectivity index (χ3v) is 4.99. The van der Waals surface area contributed by atoms with Gasteiger partial charge in [0.2, 0.25) is 0 Å². The summed E-state index contributed by atoms with van der Waals surface area (Å²) in [6.45, 7) is 8.40. The van der Waals surface area contributed by atoms with Crippen molar-refractivity contribution in [2.45, 2.75) is 83.8 Å². The van der Waals surface area contributed by atoms with E-state index in [1.807, 2.05) is 18.7 Å². The Morgan fingerprint density at radius 2 is 1.50 bits per heavy atom. The fraction of sp³-hybridized carbons (Fsp3) is 0.933. The van der Waals surface area contributed by atoms with Crippen molar-refractivity contribution in [2.24, 2.45) is 5.16 Å². The van der Waals surface area contributed by atoms with Gasteiger partial charge in [0, 0.05) is 0 Å². The van der Waals surface area contributed by atoms with Gasteiger partial charge in [-0.1, -0.05) is 57.0 Å². The predicted octanol–water partition coefficient (Wildman–Crippen LogP) is 5.49. The van der Waals surface area contributed by atoms with E-state index in [0.29, 0.717) is 0 Å². The molecule has 0 saturated heterocycles. The van der Waals surface area contributed by atoms with Crippen LogP contribution in [0, 0.1) is 0 Å². The Kier molecular flexibility index (Phi) is 10.6. The van der Waals surface area contributed by atoms with Crippen LogP contribution in [0.1, 0.15) is 79.1 Å². The minimum absolute atomic E-state index is 0.0319. The van der Waals surface area contributed by atoms with Crippen LogP contribution in [-0.4, -0.2) is 21.4 Å². The van der Waals surface area contributed by atoms with Crippen LogP contribution in [0.5, 0.6) is 0 Å². The van der Waals surface area contributed by atoms with Gasteiger partial charge >= 0.3 is 0 Å². The molecule has 0 amide bonds. The van der Waals surface area contributed by atoms with Crippen LogP contribution in [0.2, 0.25) is 0 Å². The molecule has 0 heterocycles. The normalized spacial score (nSPS) is 13.0. The Morgan fingerprint density at radius 1 is 1.00 bits per heavy atom. The third-order valence-electron chi connectivity index (χ3n) is 3.48. The Hall–Kier alpha value is -0.180. The SMILES string of the molecule is CCCCCCCCCCSC(C)(C)/C(C)=N/O. The van der Waals surface area contributed by atoms with E-state index in [-0.39, 0.29) is 4.75 Å². The molecule has 108 valence electrons. The van der Waals surface area contributed by atoms with Crippen LogP contribution >= 0.6 is 11.8 Å². The van der Waals surface area contributed by atoms with Gasteiger partial charge in [0.1, 0.15) is 0 Å². The summed E-state index contributed by atoms with van der Waals surface area (Å²) in [5, 5.41) is 12.1. The van der Waals surface area contributed by atoms with Gasteiger partial charge in [-0.15, -0.1) is 11.8 Å². The first-order valence-corrected chi connectivity index (χ1v) is 8.36. The van der Waals surface area contributed by atoms with Crippen LogP contribution in [-0.2, 0) is 0 Å². The summed E-state index contributed by atoms with van der Waals surface area (Å²) in [4.78, 5) is 0. The van der Waals surface area contributed by atoms with E-state index in [1.165, 1.54) is 51.4 Å². The molecule has 0 radical (unpaired) electrons. The van der Waals surface area contributed by atoms with Crippen molar-refractivity contribution in [2.75, 3.05) is 5.75 Å². The second-order valence-corrected chi connectivity index (χ2v) is 7.24. The van der Waals surface area contributed by atoms with E-state index in [2.05, 4.69) is 25.9 Å². The summed E-state index contributed by atoms with van der Waals surface area (Å²) in [6, 6.07) is 0. The minimum Gasteiger partial charge on any atom is -0.411 e. The lowest BCUT2D eigenvalue weighted by atomic mass is 10.1. The highest BCUT2D eigenvalue weighted by Crippen LogP contribution is 2.27. The molecule has 0 rings (SSSR count). The highest BCUT2D eigenvalue weighted by atomic mass is 32.2. The standard InChI is InChI=1S/C15H31NOS/c1-5-6-7-8-9-10-11-12-13-18-15(3,4)14(2)16-17/h17H,5-13H2,1-4H3/b16-14+. The fourth-order valence-electron chi connectivity index (χ4n) is 1.79. The van der Waals surface area contributed by atoms with E-state index in [1.54, 1.807) is 0 Å². The molecule has 1 N–H and O–H groups in total. The molecule has 18 heavy (non-hydrogen) atoms. The topological polar surface area (TPSA) is 32.6 Å². The average Bonchev–Trinajstić information content (AvgIpc) is 2.35. The first kappa shape index (κ1) is 17.8. The van der Waals surface area contributed by atoms with Crippen LogP contribution in [0.25, 0.3) is 0 Å². The lowest BCUT2D eigenvalue weighted by Crippen LogP contribution is -2.25. The van der Waals surface area contributed by atoms with Crippen LogP contribution in [0.4, 0.5) is 0 Å². The largest absolute Gasteiger partial charge is 0.411 e. The minimum atomic E-state index is -0.0319. The molecule has 0 aromatic heterocycles. The van der Waals surface area contributed by atoms with E-state index in [9.17, 15) is 0 Å². The highest BCUT2D eigenvalue weighted by Gasteiger charge is 2.22. The number of oxime groups is 1. The van der Waals surface area contributed by atoms with Crippen molar-refractivity contribution in [3.8, 4) is 0 Å². The van der Waals surface area contributed by atoms with Gasteiger partial charge in [0.05, 0.1) is 10.5 Å². The molecule has 2 nitrogen and oxygen atoms in total. The molecule has 0 fully saturated rings. The van der Waals surface area contributed by atoms with Crippen molar-refractivity contribution in [3.63, 3.8) is 0 Å². The zero-order valence-electron chi connectivity index (χ0n) is 12.7. The number of hydrogen-bond acceptors (Lipinski definition) is 3. The van der Waals surface area contributed by atoms with Crippen molar-refractivity contribution in [3.05, 3.63) is 0 Å². The molecular formula is C15H31NOS. The number of thioether (sulfide) groups is 1. The monoisotopic (exact) mass is 273 g/mol. The van der Waals surface area contributed by atoms with Gasteiger partial charge in [0.15, 0.2) is 0 Å². The number of unbranched alkanes of at least 4 members (excludes halogenated alkanes) is 7. The van der Waals surface area contributed by atoms with E-state index in [0.717, 1.165) is 11.5 Å². The molecule has 0 aliphatic heterocycles. The second-order valence-electron chi connectivity index (χ2n) is 5.52. The summed E-state index contributed by atoms with van der Waals surface area (Å²) in [5.74, 6) is 1.16. The Morgan fingerprint density at radius 3 is 2.00 bits per heavy atom. The van der Waals surface area contributed by atoms with Crippen molar-refractivity contribution in [1.82, 2.24) is 0 Å². The summed E-state index contributed by atoms with van der Waals surface area (Å²) in [6.07, 6.45) is 10.9. The van der Waals surface area contributed by atoms with Crippen molar-refractivity contribution >= 4 is 17.5 Å². The van der Waals surface area contributed by atoms with Crippen LogP contribution < -0.4 is 0 Å². The molecule has 0 aliphatic carbocycles. The smallest absolute Gasteiger partial charge is 0.0694 e. The summed E-state index contributed by atoms with van der Waals surface area (Å²) < 4.78 is -0.0319. The molecule has 0 aromatic rings. The third kappa shape index (κ3) is 8.84. The zero-order chi connectivity index (χ0) is 13.9. The Bertz CT molecular complexity index is 227. The number of nitrogens with zero attached hydrogens (tertiary/aromatic N) is 1. The lowest BCUT2D eigenvalue weighted by Gasteiger charge is -2.22. The van der Waals surface area contributed by atoms with Gasteiger partial charge in [-0.2, -0.15) is 0 Å².